The van der Waals surface area contributed by atoms with Gasteiger partial charge in [-0.25, -0.2) is 0 Å². The molecular formula is C30H50O2S. The van der Waals surface area contributed by atoms with Crippen molar-refractivity contribution >= 4 is 11.8 Å². The molecule has 0 amide bonds. The summed E-state index contributed by atoms with van der Waals surface area (Å²) in [6, 6.07) is 0. The van der Waals surface area contributed by atoms with Crippen molar-refractivity contribution in [1.82, 2.24) is 0 Å². The number of thioether (sulfide) groups is 1. The summed E-state index contributed by atoms with van der Waals surface area (Å²) in [4.78, 5) is 2.43. The van der Waals surface area contributed by atoms with Gasteiger partial charge in [0.05, 0.1) is 12.2 Å². The summed E-state index contributed by atoms with van der Waals surface area (Å²) in [6.45, 7) is 22.1. The molecule has 0 aromatic carbocycles. The van der Waals surface area contributed by atoms with Crippen LogP contribution in [0.1, 0.15) is 108 Å². The molecule has 0 aliphatic heterocycles. The van der Waals surface area contributed by atoms with Crippen LogP contribution in [0.15, 0.2) is 45.3 Å². The minimum atomic E-state index is -0.453. The summed E-state index contributed by atoms with van der Waals surface area (Å²) < 4.78 is 0. The number of hydrogen-bond donors (Lipinski definition) is 2. The standard InChI is InChI=1S/C30H50O2S/c1-11-13-15-29(9)19-21(17-23(25(29)31)27(3,4)5)33-22-18-24(28(6,7)8)26(32)30(10,20-22)16-14-12-2/h17-20,25-26,31-32H,11-16H2,1-10H3. The van der Waals surface area contributed by atoms with Gasteiger partial charge in [-0.2, -0.15) is 0 Å². The van der Waals surface area contributed by atoms with E-state index in [1.165, 1.54) is 9.81 Å². The van der Waals surface area contributed by atoms with Crippen molar-refractivity contribution in [2.75, 3.05) is 0 Å². The monoisotopic (exact) mass is 474 g/mol. The Kier molecular flexibility index (Phi) is 9.02. The van der Waals surface area contributed by atoms with Gasteiger partial charge in [0, 0.05) is 20.6 Å². The largest absolute Gasteiger partial charge is 0.388 e. The second-order valence-corrected chi connectivity index (χ2v) is 14.1. The van der Waals surface area contributed by atoms with Crippen molar-refractivity contribution in [3.8, 4) is 0 Å². The highest BCUT2D eigenvalue weighted by Gasteiger charge is 2.42. The topological polar surface area (TPSA) is 40.5 Å². The van der Waals surface area contributed by atoms with Gasteiger partial charge >= 0.3 is 0 Å². The highest BCUT2D eigenvalue weighted by atomic mass is 32.2. The van der Waals surface area contributed by atoms with E-state index in [0.29, 0.717) is 0 Å². The number of hydrogen-bond acceptors (Lipinski definition) is 3. The van der Waals surface area contributed by atoms with Crippen LogP contribution in [-0.4, -0.2) is 22.4 Å². The van der Waals surface area contributed by atoms with E-state index in [-0.39, 0.29) is 21.7 Å². The van der Waals surface area contributed by atoms with Crippen LogP contribution in [0.4, 0.5) is 0 Å². The van der Waals surface area contributed by atoms with Crippen molar-refractivity contribution in [3.63, 3.8) is 0 Å². The Hall–Kier alpha value is -0.770. The highest BCUT2D eigenvalue weighted by molar-refractivity contribution is 8.07. The molecule has 3 heteroatoms. The maximum Gasteiger partial charge on any atom is 0.0847 e. The lowest BCUT2D eigenvalue weighted by molar-refractivity contribution is 0.0748. The number of aliphatic hydroxyl groups is 2. The zero-order chi connectivity index (χ0) is 25.2. The fraction of sp³-hybridized carbons (Fsp3) is 0.733. The summed E-state index contributed by atoms with van der Waals surface area (Å²) in [5.74, 6) is 0. The molecule has 0 aromatic rings. The van der Waals surface area contributed by atoms with E-state index in [0.717, 1.165) is 49.7 Å². The fourth-order valence-electron chi connectivity index (χ4n) is 5.11. The van der Waals surface area contributed by atoms with Crippen molar-refractivity contribution in [1.29, 1.82) is 0 Å². The normalized spacial score (nSPS) is 31.0. The fourth-order valence-corrected chi connectivity index (χ4v) is 6.41. The van der Waals surface area contributed by atoms with Gasteiger partial charge in [0.15, 0.2) is 0 Å². The van der Waals surface area contributed by atoms with E-state index < -0.39 is 12.2 Å². The van der Waals surface area contributed by atoms with E-state index in [1.807, 2.05) is 0 Å². The van der Waals surface area contributed by atoms with Crippen LogP contribution in [0.5, 0.6) is 0 Å². The molecule has 0 bridgehead atoms. The number of allylic oxidation sites excluding steroid dienone is 2. The second kappa shape index (κ2) is 10.5. The average Bonchev–Trinajstić information content (AvgIpc) is 2.68. The Labute approximate surface area is 208 Å². The van der Waals surface area contributed by atoms with E-state index in [9.17, 15) is 10.2 Å². The first kappa shape index (κ1) is 28.5. The first-order valence-corrected chi connectivity index (χ1v) is 13.8. The van der Waals surface area contributed by atoms with Crippen molar-refractivity contribution in [2.45, 2.75) is 120 Å². The molecule has 188 valence electrons. The third kappa shape index (κ3) is 6.67. The number of aliphatic hydroxyl groups excluding tert-OH is 2. The number of rotatable bonds is 8. The van der Waals surface area contributed by atoms with Gasteiger partial charge in [-0.15, -0.1) is 0 Å². The minimum absolute atomic E-state index is 0.0911. The van der Waals surface area contributed by atoms with Gasteiger partial charge in [0.2, 0.25) is 0 Å². The molecule has 0 saturated carbocycles. The Morgan fingerprint density at radius 3 is 1.33 bits per heavy atom. The third-order valence-corrected chi connectivity index (χ3v) is 8.43. The lowest BCUT2D eigenvalue weighted by atomic mass is 9.68. The predicted molar refractivity (Wildman–Crippen MR) is 146 cm³/mol. The summed E-state index contributed by atoms with van der Waals surface area (Å²) in [7, 11) is 0. The van der Waals surface area contributed by atoms with Gasteiger partial charge in [-0.05, 0) is 47.0 Å². The summed E-state index contributed by atoms with van der Waals surface area (Å²) in [5.41, 5.74) is 1.55. The molecule has 33 heavy (non-hydrogen) atoms. The first-order chi connectivity index (χ1) is 15.1. The van der Waals surface area contributed by atoms with Gasteiger partial charge in [-0.3, -0.25) is 0 Å². The molecule has 0 radical (unpaired) electrons. The highest BCUT2D eigenvalue weighted by Crippen LogP contribution is 2.51. The van der Waals surface area contributed by atoms with Gasteiger partial charge in [0.25, 0.3) is 0 Å². The smallest absolute Gasteiger partial charge is 0.0847 e. The molecule has 0 heterocycles. The van der Waals surface area contributed by atoms with E-state index in [4.69, 9.17) is 0 Å². The first-order valence-electron chi connectivity index (χ1n) is 13.0. The van der Waals surface area contributed by atoms with Crippen LogP contribution in [0, 0.1) is 21.7 Å². The van der Waals surface area contributed by atoms with Crippen molar-refractivity contribution < 1.29 is 10.2 Å². The maximum absolute atomic E-state index is 11.4. The average molecular weight is 475 g/mol. The van der Waals surface area contributed by atoms with Crippen LogP contribution >= 0.6 is 11.8 Å². The van der Waals surface area contributed by atoms with Crippen LogP contribution in [0.25, 0.3) is 0 Å². The van der Waals surface area contributed by atoms with E-state index in [1.54, 1.807) is 11.8 Å². The molecule has 4 unspecified atom stereocenters. The lowest BCUT2D eigenvalue weighted by Gasteiger charge is -2.43. The van der Waals surface area contributed by atoms with Crippen molar-refractivity contribution in [3.05, 3.63) is 45.3 Å². The molecule has 2 aliphatic carbocycles. The number of unbranched alkanes of at least 4 members (excludes halogenated alkanes) is 2. The quantitative estimate of drug-likeness (QED) is 0.370. The van der Waals surface area contributed by atoms with Gasteiger partial charge < -0.3 is 10.2 Å². The SMILES string of the molecule is CCCCC1(C)C=C(SC2=CC(C)(CCCC)C(O)C(C(C)(C)C)=C2)C=C(C(C)(C)C)C1O. The van der Waals surface area contributed by atoms with E-state index >= 15 is 0 Å². The van der Waals surface area contributed by atoms with Crippen LogP contribution in [0.2, 0.25) is 0 Å². The minimum Gasteiger partial charge on any atom is -0.388 e. The molecule has 0 aromatic heterocycles. The molecule has 2 aliphatic rings. The molecule has 0 saturated heterocycles. The molecule has 0 spiro atoms. The molecule has 2 rings (SSSR count). The zero-order valence-corrected chi connectivity index (χ0v) is 23.8. The van der Waals surface area contributed by atoms with Crippen LogP contribution < -0.4 is 0 Å². The zero-order valence-electron chi connectivity index (χ0n) is 23.0. The van der Waals surface area contributed by atoms with Gasteiger partial charge in [-0.1, -0.05) is 119 Å². The van der Waals surface area contributed by atoms with Crippen LogP contribution in [0.3, 0.4) is 0 Å². The lowest BCUT2D eigenvalue weighted by Crippen LogP contribution is -2.39. The Morgan fingerprint density at radius 1 is 0.727 bits per heavy atom. The Morgan fingerprint density at radius 2 is 1.06 bits per heavy atom. The summed E-state index contributed by atoms with van der Waals surface area (Å²) in [5, 5.41) is 22.7. The van der Waals surface area contributed by atoms with E-state index in [2.05, 4.69) is 93.5 Å². The van der Waals surface area contributed by atoms with Gasteiger partial charge in [0.1, 0.15) is 0 Å². The molecule has 4 atom stereocenters. The van der Waals surface area contributed by atoms with Crippen LogP contribution in [-0.2, 0) is 0 Å². The Bertz CT molecular complexity index is 749. The summed E-state index contributed by atoms with van der Waals surface area (Å²) >= 11 is 1.80. The predicted octanol–water partition coefficient (Wildman–Crippen LogP) is 8.57. The van der Waals surface area contributed by atoms with Crippen molar-refractivity contribution in [2.24, 2.45) is 21.7 Å². The molecular weight excluding hydrogens is 424 g/mol. The molecule has 2 N–H and O–H groups in total. The third-order valence-electron chi connectivity index (χ3n) is 7.48. The Balaban J connectivity index is 2.53. The second-order valence-electron chi connectivity index (χ2n) is 12.9. The maximum atomic E-state index is 11.4. The molecule has 2 nitrogen and oxygen atoms in total. The molecule has 0 fully saturated rings. The summed E-state index contributed by atoms with van der Waals surface area (Å²) in [6.07, 6.45) is 14.6.